The summed E-state index contributed by atoms with van der Waals surface area (Å²) in [6.07, 6.45) is 9.69. The Morgan fingerprint density at radius 3 is 3.00 bits per heavy atom. The van der Waals surface area contributed by atoms with Crippen molar-refractivity contribution < 1.29 is 5.11 Å². The van der Waals surface area contributed by atoms with E-state index in [2.05, 4.69) is 18.0 Å². The summed E-state index contributed by atoms with van der Waals surface area (Å²) >= 11 is 0. The number of hydrogen-bond acceptors (Lipinski definition) is 3. The van der Waals surface area contributed by atoms with E-state index in [1.165, 1.54) is 31.5 Å². The molecule has 1 N–H and O–H groups in total. The Bertz CT molecular complexity index is 429. The van der Waals surface area contributed by atoms with Gasteiger partial charge < -0.3 is 14.6 Å². The molecule has 19 heavy (non-hydrogen) atoms. The molecular weight excluding hydrogens is 238 g/mol. The molecule has 1 saturated heterocycles. The summed E-state index contributed by atoms with van der Waals surface area (Å²) in [6.45, 7) is 4.62. The van der Waals surface area contributed by atoms with E-state index in [-0.39, 0.29) is 6.23 Å². The third kappa shape index (κ3) is 2.70. The zero-order chi connectivity index (χ0) is 13.2. The first kappa shape index (κ1) is 13.1. The van der Waals surface area contributed by atoms with E-state index in [1.807, 2.05) is 4.57 Å². The number of nitrogens with zero attached hydrogens (tertiary/aromatic N) is 3. The Morgan fingerprint density at radius 2 is 2.21 bits per heavy atom. The normalized spacial score (nSPS) is 28.3. The fourth-order valence-electron chi connectivity index (χ4n) is 3.56. The van der Waals surface area contributed by atoms with Crippen LogP contribution in [0.25, 0.3) is 0 Å². The summed E-state index contributed by atoms with van der Waals surface area (Å²) in [6, 6.07) is 0.646. The third-order valence-electron chi connectivity index (χ3n) is 4.64. The lowest BCUT2D eigenvalue weighted by molar-refractivity contribution is 0.0780. The van der Waals surface area contributed by atoms with Gasteiger partial charge in [0.05, 0.1) is 5.69 Å². The molecule has 0 radical (unpaired) electrons. The molecule has 1 fully saturated rings. The van der Waals surface area contributed by atoms with Crippen LogP contribution < -0.4 is 0 Å². The second-order valence-corrected chi connectivity index (χ2v) is 5.91. The molecule has 0 saturated carbocycles. The van der Waals surface area contributed by atoms with Gasteiger partial charge in [-0.25, -0.2) is 4.98 Å². The fourth-order valence-corrected chi connectivity index (χ4v) is 3.56. The van der Waals surface area contributed by atoms with Crippen molar-refractivity contribution in [3.05, 3.63) is 17.7 Å². The van der Waals surface area contributed by atoms with Gasteiger partial charge in [0.1, 0.15) is 12.1 Å². The summed E-state index contributed by atoms with van der Waals surface area (Å²) in [4.78, 5) is 7.32. The van der Waals surface area contributed by atoms with Crippen LogP contribution in [0, 0.1) is 0 Å². The zero-order valence-electron chi connectivity index (χ0n) is 11.9. The van der Waals surface area contributed by atoms with Crippen LogP contribution in [0.1, 0.15) is 56.8 Å². The van der Waals surface area contributed by atoms with Gasteiger partial charge in [-0.15, -0.1) is 0 Å². The number of rotatable bonds is 3. The second kappa shape index (κ2) is 5.63. The van der Waals surface area contributed by atoms with E-state index >= 15 is 0 Å². The van der Waals surface area contributed by atoms with Crippen molar-refractivity contribution in [3.8, 4) is 0 Å². The number of aliphatic hydroxyl groups is 1. The van der Waals surface area contributed by atoms with Crippen molar-refractivity contribution >= 4 is 0 Å². The van der Waals surface area contributed by atoms with Gasteiger partial charge in [0.2, 0.25) is 0 Å². The Labute approximate surface area is 115 Å². The van der Waals surface area contributed by atoms with Gasteiger partial charge in [0, 0.05) is 25.1 Å². The maximum atomic E-state index is 9.99. The molecule has 0 aliphatic carbocycles. The van der Waals surface area contributed by atoms with Crippen LogP contribution in [0.3, 0.4) is 0 Å². The standard InChI is InChI=1S/C15H25N3O/c1-2-17-9-4-3-6-13(17)10-12-11-18-14(16-12)7-5-8-15(18)19/h11,13,15,19H,2-10H2,1H3. The van der Waals surface area contributed by atoms with Gasteiger partial charge in [0.15, 0.2) is 0 Å². The molecule has 3 heterocycles. The number of likely N-dealkylation sites (tertiary alicyclic amines) is 1. The van der Waals surface area contributed by atoms with E-state index in [9.17, 15) is 5.11 Å². The van der Waals surface area contributed by atoms with Crippen molar-refractivity contribution in [2.24, 2.45) is 0 Å². The average Bonchev–Trinajstić information content (AvgIpc) is 2.83. The number of aromatic nitrogens is 2. The Balaban J connectivity index is 1.72. The van der Waals surface area contributed by atoms with Gasteiger partial charge in [-0.1, -0.05) is 13.3 Å². The maximum absolute atomic E-state index is 9.99. The predicted molar refractivity (Wildman–Crippen MR) is 75.0 cm³/mol. The minimum Gasteiger partial charge on any atom is -0.373 e. The van der Waals surface area contributed by atoms with Gasteiger partial charge in [-0.3, -0.25) is 0 Å². The minimum absolute atomic E-state index is 0.348. The lowest BCUT2D eigenvalue weighted by Gasteiger charge is -2.34. The predicted octanol–water partition coefficient (Wildman–Crippen LogP) is 2.13. The third-order valence-corrected chi connectivity index (χ3v) is 4.64. The molecule has 0 aromatic carbocycles. The molecule has 3 rings (SSSR count). The maximum Gasteiger partial charge on any atom is 0.131 e. The largest absolute Gasteiger partial charge is 0.373 e. The molecule has 4 nitrogen and oxygen atoms in total. The highest BCUT2D eigenvalue weighted by molar-refractivity contribution is 5.09. The Morgan fingerprint density at radius 1 is 1.32 bits per heavy atom. The summed E-state index contributed by atoms with van der Waals surface area (Å²) in [5.74, 6) is 1.08. The topological polar surface area (TPSA) is 41.3 Å². The molecule has 0 amide bonds. The van der Waals surface area contributed by atoms with E-state index in [0.29, 0.717) is 6.04 Å². The van der Waals surface area contributed by atoms with Crippen LogP contribution in [0.4, 0.5) is 0 Å². The molecule has 2 aliphatic heterocycles. The molecular formula is C15H25N3O. The highest BCUT2D eigenvalue weighted by Crippen LogP contribution is 2.25. The summed E-state index contributed by atoms with van der Waals surface area (Å²) in [5, 5.41) is 9.99. The van der Waals surface area contributed by atoms with Gasteiger partial charge in [0.25, 0.3) is 0 Å². The van der Waals surface area contributed by atoms with Gasteiger partial charge in [-0.05, 0) is 38.8 Å². The average molecular weight is 263 g/mol. The molecule has 2 atom stereocenters. The lowest BCUT2D eigenvalue weighted by Crippen LogP contribution is -2.40. The first-order chi connectivity index (χ1) is 9.28. The molecule has 106 valence electrons. The number of aryl methyl sites for hydroxylation is 1. The number of imidazole rings is 1. The van der Waals surface area contributed by atoms with Crippen molar-refractivity contribution in [1.29, 1.82) is 0 Å². The lowest BCUT2D eigenvalue weighted by atomic mass is 9.98. The first-order valence-electron chi connectivity index (χ1n) is 7.76. The SMILES string of the molecule is CCN1CCCCC1Cc1cn2c(n1)CCCC2O. The zero-order valence-corrected chi connectivity index (χ0v) is 11.9. The van der Waals surface area contributed by atoms with Crippen LogP contribution in [0.15, 0.2) is 6.20 Å². The molecule has 2 unspecified atom stereocenters. The van der Waals surface area contributed by atoms with Crippen molar-refractivity contribution in [2.45, 2.75) is 64.1 Å². The highest BCUT2D eigenvalue weighted by Gasteiger charge is 2.24. The fraction of sp³-hybridized carbons (Fsp3) is 0.800. The first-order valence-corrected chi connectivity index (χ1v) is 7.76. The number of hydrogen-bond donors (Lipinski definition) is 1. The molecule has 0 spiro atoms. The van der Waals surface area contributed by atoms with Crippen LogP contribution in [-0.4, -0.2) is 38.7 Å². The van der Waals surface area contributed by atoms with E-state index in [1.54, 1.807) is 0 Å². The summed E-state index contributed by atoms with van der Waals surface area (Å²) in [5.41, 5.74) is 1.17. The number of piperidine rings is 1. The number of likely N-dealkylation sites (N-methyl/N-ethyl adjacent to an activating group) is 1. The van der Waals surface area contributed by atoms with Crippen LogP contribution in [0.2, 0.25) is 0 Å². The van der Waals surface area contributed by atoms with E-state index < -0.39 is 0 Å². The smallest absolute Gasteiger partial charge is 0.131 e. The number of aliphatic hydroxyl groups excluding tert-OH is 1. The summed E-state index contributed by atoms with van der Waals surface area (Å²) < 4.78 is 1.98. The molecule has 2 aliphatic rings. The van der Waals surface area contributed by atoms with Crippen molar-refractivity contribution in [2.75, 3.05) is 13.1 Å². The molecule has 1 aromatic heterocycles. The van der Waals surface area contributed by atoms with Crippen LogP contribution >= 0.6 is 0 Å². The molecule has 1 aromatic rings. The monoisotopic (exact) mass is 263 g/mol. The highest BCUT2D eigenvalue weighted by atomic mass is 16.3. The Hall–Kier alpha value is -0.870. The Kier molecular flexibility index (Phi) is 3.89. The molecule has 0 bridgehead atoms. The van der Waals surface area contributed by atoms with Crippen LogP contribution in [-0.2, 0) is 12.8 Å². The molecule has 4 heteroatoms. The van der Waals surface area contributed by atoms with Crippen molar-refractivity contribution in [1.82, 2.24) is 14.5 Å². The quantitative estimate of drug-likeness (QED) is 0.908. The second-order valence-electron chi connectivity index (χ2n) is 5.91. The van der Waals surface area contributed by atoms with Crippen LogP contribution in [0.5, 0.6) is 0 Å². The summed E-state index contributed by atoms with van der Waals surface area (Å²) in [7, 11) is 0. The van der Waals surface area contributed by atoms with E-state index in [4.69, 9.17) is 4.98 Å². The van der Waals surface area contributed by atoms with E-state index in [0.717, 1.165) is 38.1 Å². The van der Waals surface area contributed by atoms with Crippen molar-refractivity contribution in [3.63, 3.8) is 0 Å². The minimum atomic E-state index is -0.348. The van der Waals surface area contributed by atoms with Gasteiger partial charge in [-0.2, -0.15) is 0 Å². The van der Waals surface area contributed by atoms with Gasteiger partial charge >= 0.3 is 0 Å². The number of fused-ring (bicyclic) bond motifs is 1.